The molecule has 1 aliphatic rings. The van der Waals surface area contributed by atoms with Gasteiger partial charge in [-0.3, -0.25) is 4.90 Å². The molecule has 0 radical (unpaired) electrons. The molecule has 0 aliphatic carbocycles. The second-order valence-corrected chi connectivity index (χ2v) is 9.33. The molecule has 6 nitrogen and oxygen atoms in total. The molecule has 0 bridgehead atoms. The lowest BCUT2D eigenvalue weighted by Crippen LogP contribution is -2.36. The van der Waals surface area contributed by atoms with E-state index in [0.29, 0.717) is 6.54 Å². The van der Waals surface area contributed by atoms with Gasteiger partial charge in [-0.25, -0.2) is 9.97 Å². The number of furan rings is 1. The van der Waals surface area contributed by atoms with Crippen LogP contribution in [0, 0.1) is 6.92 Å². The Morgan fingerprint density at radius 2 is 2.00 bits per heavy atom. The number of fused-ring (bicyclic) bond motifs is 1. The third kappa shape index (κ3) is 4.00. The highest BCUT2D eigenvalue weighted by molar-refractivity contribution is 7.18. The number of nitrogens with zero attached hydrogens (tertiary/aromatic N) is 4. The Bertz CT molecular complexity index is 1130. The Balaban J connectivity index is 1.55. The highest BCUT2D eigenvalue weighted by Gasteiger charge is 2.21. The topological polar surface area (TPSA) is 54.6 Å². The first-order valence-corrected chi connectivity index (χ1v) is 11.8. The van der Waals surface area contributed by atoms with Gasteiger partial charge in [0.2, 0.25) is 0 Å². The van der Waals surface area contributed by atoms with E-state index in [2.05, 4.69) is 39.7 Å². The van der Waals surface area contributed by atoms with E-state index in [1.165, 1.54) is 10.4 Å². The number of rotatable bonds is 6. The van der Waals surface area contributed by atoms with Gasteiger partial charge >= 0.3 is 0 Å². The van der Waals surface area contributed by atoms with Crippen LogP contribution in [0.1, 0.15) is 17.3 Å². The molecular formula is C22H24N4O2S2. The molecule has 0 atom stereocenters. The van der Waals surface area contributed by atoms with Crippen LogP contribution in [0.2, 0.25) is 0 Å². The third-order valence-electron chi connectivity index (χ3n) is 5.27. The van der Waals surface area contributed by atoms with Crippen molar-refractivity contribution in [2.45, 2.75) is 20.0 Å². The van der Waals surface area contributed by atoms with Crippen LogP contribution in [0.15, 0.2) is 39.4 Å². The number of thiophene rings is 2. The van der Waals surface area contributed by atoms with E-state index in [1.807, 2.05) is 19.1 Å². The van der Waals surface area contributed by atoms with Crippen LogP contribution in [-0.2, 0) is 17.8 Å². The van der Waals surface area contributed by atoms with Gasteiger partial charge in [0.1, 0.15) is 28.0 Å². The lowest BCUT2D eigenvalue weighted by atomic mass is 10.2. The standard InChI is InChI=1S/C22H24N4O2S2/c1-15-5-6-16(28-15)12-25(2)21-20-17(18-4-3-11-29-18)14-30-22(20)24-19(23-21)13-26-7-9-27-10-8-26/h3-6,11,14H,7-10,12-13H2,1-2H3. The fourth-order valence-electron chi connectivity index (χ4n) is 3.76. The predicted molar refractivity (Wildman–Crippen MR) is 122 cm³/mol. The summed E-state index contributed by atoms with van der Waals surface area (Å²) in [4.78, 5) is 16.8. The molecule has 0 aromatic carbocycles. The molecule has 30 heavy (non-hydrogen) atoms. The SMILES string of the molecule is Cc1ccc(CN(C)c2nc(CN3CCOCC3)nc3scc(-c4cccs4)c23)o1. The molecule has 156 valence electrons. The van der Waals surface area contributed by atoms with E-state index >= 15 is 0 Å². The largest absolute Gasteiger partial charge is 0.464 e. The number of ether oxygens (including phenoxy) is 1. The summed E-state index contributed by atoms with van der Waals surface area (Å²) in [6.45, 7) is 6.76. The van der Waals surface area contributed by atoms with Gasteiger partial charge in [0.05, 0.1) is 31.7 Å². The van der Waals surface area contributed by atoms with Gasteiger partial charge < -0.3 is 14.1 Å². The Labute approximate surface area is 183 Å². The van der Waals surface area contributed by atoms with Crippen LogP contribution in [0.5, 0.6) is 0 Å². The van der Waals surface area contributed by atoms with Crippen molar-refractivity contribution in [3.8, 4) is 10.4 Å². The van der Waals surface area contributed by atoms with Crippen LogP contribution >= 0.6 is 22.7 Å². The Morgan fingerprint density at radius 3 is 2.73 bits per heavy atom. The zero-order valence-electron chi connectivity index (χ0n) is 17.1. The summed E-state index contributed by atoms with van der Waals surface area (Å²) >= 11 is 3.44. The summed E-state index contributed by atoms with van der Waals surface area (Å²) in [5.74, 6) is 3.68. The molecule has 5 rings (SSSR count). The Morgan fingerprint density at radius 1 is 1.13 bits per heavy atom. The number of aromatic nitrogens is 2. The molecule has 0 amide bonds. The van der Waals surface area contributed by atoms with Crippen molar-refractivity contribution in [2.24, 2.45) is 0 Å². The summed E-state index contributed by atoms with van der Waals surface area (Å²) in [6, 6.07) is 8.29. The number of anilines is 1. The van der Waals surface area contributed by atoms with Crippen molar-refractivity contribution in [3.63, 3.8) is 0 Å². The smallest absolute Gasteiger partial charge is 0.146 e. The fourth-order valence-corrected chi connectivity index (χ4v) is 5.54. The van der Waals surface area contributed by atoms with Crippen molar-refractivity contribution >= 4 is 38.7 Å². The second kappa shape index (κ2) is 8.47. The number of hydrogen-bond donors (Lipinski definition) is 0. The summed E-state index contributed by atoms with van der Waals surface area (Å²) in [7, 11) is 2.08. The lowest BCUT2D eigenvalue weighted by Gasteiger charge is -2.26. The highest BCUT2D eigenvalue weighted by atomic mass is 32.1. The molecule has 4 aromatic rings. The quantitative estimate of drug-likeness (QED) is 0.430. The Kier molecular flexibility index (Phi) is 5.56. The maximum atomic E-state index is 5.82. The van der Waals surface area contributed by atoms with Crippen LogP contribution in [0.3, 0.4) is 0 Å². The average Bonchev–Trinajstić information content (AvgIpc) is 3.49. The molecule has 0 spiro atoms. The summed E-state index contributed by atoms with van der Waals surface area (Å²) in [6.07, 6.45) is 0. The van der Waals surface area contributed by atoms with Gasteiger partial charge in [-0.1, -0.05) is 6.07 Å². The normalized spacial score (nSPS) is 15.1. The van der Waals surface area contributed by atoms with E-state index in [9.17, 15) is 0 Å². The monoisotopic (exact) mass is 440 g/mol. The Hall–Kier alpha value is -2.26. The third-order valence-corrected chi connectivity index (χ3v) is 7.04. The zero-order valence-corrected chi connectivity index (χ0v) is 18.8. The van der Waals surface area contributed by atoms with Crippen molar-refractivity contribution in [1.29, 1.82) is 0 Å². The van der Waals surface area contributed by atoms with E-state index in [4.69, 9.17) is 19.1 Å². The van der Waals surface area contributed by atoms with E-state index < -0.39 is 0 Å². The highest BCUT2D eigenvalue weighted by Crippen LogP contribution is 2.40. The maximum Gasteiger partial charge on any atom is 0.146 e. The van der Waals surface area contributed by atoms with Crippen molar-refractivity contribution in [3.05, 3.63) is 52.4 Å². The summed E-state index contributed by atoms with van der Waals surface area (Å²) in [5, 5.41) is 5.44. The fraction of sp³-hybridized carbons (Fsp3) is 0.364. The summed E-state index contributed by atoms with van der Waals surface area (Å²) in [5.41, 5.74) is 1.21. The molecule has 4 aromatic heterocycles. The molecule has 5 heterocycles. The van der Waals surface area contributed by atoms with Gasteiger partial charge in [-0.15, -0.1) is 22.7 Å². The van der Waals surface area contributed by atoms with E-state index in [-0.39, 0.29) is 0 Å². The van der Waals surface area contributed by atoms with Gasteiger partial charge in [-0.05, 0) is 30.5 Å². The predicted octanol–water partition coefficient (Wildman–Crippen LogP) is 4.79. The molecule has 0 saturated carbocycles. The first kappa shape index (κ1) is 19.7. The van der Waals surface area contributed by atoms with E-state index in [1.54, 1.807) is 22.7 Å². The molecule has 1 saturated heterocycles. The van der Waals surface area contributed by atoms with Gasteiger partial charge in [0.25, 0.3) is 0 Å². The first-order valence-electron chi connectivity index (χ1n) is 10.1. The van der Waals surface area contributed by atoms with Gasteiger partial charge in [0.15, 0.2) is 0 Å². The first-order chi connectivity index (χ1) is 14.7. The zero-order chi connectivity index (χ0) is 20.5. The van der Waals surface area contributed by atoms with Crippen LogP contribution < -0.4 is 4.90 Å². The number of morpholine rings is 1. The van der Waals surface area contributed by atoms with Crippen LogP contribution in [-0.4, -0.2) is 48.2 Å². The number of aryl methyl sites for hydroxylation is 1. The van der Waals surface area contributed by atoms with Crippen LogP contribution in [0.4, 0.5) is 5.82 Å². The molecule has 8 heteroatoms. The van der Waals surface area contributed by atoms with Crippen molar-refractivity contribution in [2.75, 3.05) is 38.3 Å². The molecule has 0 N–H and O–H groups in total. The summed E-state index contributed by atoms with van der Waals surface area (Å²) < 4.78 is 11.3. The van der Waals surface area contributed by atoms with Crippen LogP contribution in [0.25, 0.3) is 20.7 Å². The maximum absolute atomic E-state index is 5.82. The van der Waals surface area contributed by atoms with E-state index in [0.717, 1.165) is 66.2 Å². The van der Waals surface area contributed by atoms with Gasteiger partial charge in [0, 0.05) is 36.0 Å². The molecule has 1 fully saturated rings. The molecule has 0 unspecified atom stereocenters. The second-order valence-electron chi connectivity index (χ2n) is 7.53. The average molecular weight is 441 g/mol. The minimum absolute atomic E-state index is 0.663. The van der Waals surface area contributed by atoms with Crippen molar-refractivity contribution < 1.29 is 9.15 Å². The number of hydrogen-bond acceptors (Lipinski definition) is 8. The minimum atomic E-state index is 0.663. The molecule has 1 aliphatic heterocycles. The minimum Gasteiger partial charge on any atom is -0.464 e. The van der Waals surface area contributed by atoms with Crippen molar-refractivity contribution in [1.82, 2.24) is 14.9 Å². The molecular weight excluding hydrogens is 416 g/mol. The lowest BCUT2D eigenvalue weighted by molar-refractivity contribution is 0.0331. The van der Waals surface area contributed by atoms with Gasteiger partial charge in [-0.2, -0.15) is 0 Å².